The number of aromatic nitrogens is 3. The summed E-state index contributed by atoms with van der Waals surface area (Å²) < 4.78 is 6.96. The van der Waals surface area contributed by atoms with Crippen LogP contribution in [0.3, 0.4) is 0 Å². The van der Waals surface area contributed by atoms with Crippen molar-refractivity contribution in [3.8, 4) is 0 Å². The molecular formula is C15H20N4O2. The third-order valence-electron chi connectivity index (χ3n) is 4.34. The molecule has 2 aromatic rings. The summed E-state index contributed by atoms with van der Waals surface area (Å²) in [6.07, 6.45) is 2.23. The maximum atomic E-state index is 12.7. The van der Waals surface area contributed by atoms with Crippen LogP contribution in [0.25, 0.3) is 0 Å². The van der Waals surface area contributed by atoms with Crippen molar-refractivity contribution in [3.63, 3.8) is 0 Å². The molecule has 6 nitrogen and oxygen atoms in total. The van der Waals surface area contributed by atoms with Crippen LogP contribution in [0.1, 0.15) is 46.8 Å². The lowest BCUT2D eigenvalue weighted by Gasteiger charge is -2.16. The number of rotatable bonds is 3. The van der Waals surface area contributed by atoms with E-state index < -0.39 is 0 Å². The number of likely N-dealkylation sites (tertiary alicyclic amines) is 1. The zero-order chi connectivity index (χ0) is 15.0. The average molecular weight is 288 g/mol. The van der Waals surface area contributed by atoms with Crippen LogP contribution in [-0.4, -0.2) is 38.6 Å². The minimum Gasteiger partial charge on any atom is -0.349 e. The zero-order valence-electron chi connectivity index (χ0n) is 12.7. The minimum absolute atomic E-state index is 0.105. The third kappa shape index (κ3) is 2.34. The van der Waals surface area contributed by atoms with E-state index in [-0.39, 0.29) is 11.8 Å². The van der Waals surface area contributed by atoms with E-state index in [9.17, 15) is 4.79 Å². The first-order valence-electron chi connectivity index (χ1n) is 7.34. The molecule has 0 spiro atoms. The lowest BCUT2D eigenvalue weighted by molar-refractivity contribution is 0.0789. The van der Waals surface area contributed by atoms with E-state index >= 15 is 0 Å². The molecule has 1 aliphatic heterocycles. The highest BCUT2D eigenvalue weighted by Crippen LogP contribution is 2.27. The van der Waals surface area contributed by atoms with Crippen LogP contribution in [0.15, 0.2) is 17.0 Å². The molecule has 1 aliphatic rings. The van der Waals surface area contributed by atoms with Gasteiger partial charge in [-0.1, -0.05) is 5.16 Å². The van der Waals surface area contributed by atoms with Gasteiger partial charge >= 0.3 is 0 Å². The molecule has 0 bridgehead atoms. The number of carbonyl (C=O) groups excluding carboxylic acids is 1. The number of hydrogen-bond acceptors (Lipinski definition) is 4. The Labute approximate surface area is 123 Å². The summed E-state index contributed by atoms with van der Waals surface area (Å²) in [7, 11) is 0. The van der Waals surface area contributed by atoms with Gasteiger partial charge < -0.3 is 14.0 Å². The Hall–Kier alpha value is -2.11. The Bertz CT molecular complexity index is 645. The number of aryl methyl sites for hydroxylation is 1. The summed E-state index contributed by atoms with van der Waals surface area (Å²) in [4.78, 5) is 18.7. The number of amides is 1. The summed E-state index contributed by atoms with van der Waals surface area (Å²) in [5.41, 5.74) is 2.98. The molecule has 0 N–H and O–H groups in total. The standard InChI is InChI=1S/C15H20N4O2/c1-4-19-10(2)7-13(11(19)3)15(20)18-6-5-12(8-18)14-16-9-21-17-14/h7,9,12H,4-6,8H2,1-3H3. The van der Waals surface area contributed by atoms with Gasteiger partial charge in [0.15, 0.2) is 5.82 Å². The van der Waals surface area contributed by atoms with Crippen LogP contribution in [0, 0.1) is 13.8 Å². The first-order valence-corrected chi connectivity index (χ1v) is 7.34. The third-order valence-corrected chi connectivity index (χ3v) is 4.34. The summed E-state index contributed by atoms with van der Waals surface area (Å²) >= 11 is 0. The largest absolute Gasteiger partial charge is 0.349 e. The smallest absolute Gasteiger partial charge is 0.255 e. The Kier molecular flexibility index (Phi) is 3.53. The van der Waals surface area contributed by atoms with E-state index in [1.807, 2.05) is 24.8 Å². The Balaban J connectivity index is 1.78. The van der Waals surface area contributed by atoms with Gasteiger partial charge in [0.1, 0.15) is 0 Å². The second-order valence-electron chi connectivity index (χ2n) is 5.56. The number of carbonyl (C=O) groups is 1. The van der Waals surface area contributed by atoms with Crippen molar-refractivity contribution in [2.75, 3.05) is 13.1 Å². The summed E-state index contributed by atoms with van der Waals surface area (Å²) in [6.45, 7) is 8.44. The van der Waals surface area contributed by atoms with Crippen molar-refractivity contribution in [1.82, 2.24) is 19.6 Å². The van der Waals surface area contributed by atoms with Crippen LogP contribution in [0.5, 0.6) is 0 Å². The topological polar surface area (TPSA) is 64.2 Å². The normalized spacial score (nSPS) is 18.4. The highest BCUT2D eigenvalue weighted by molar-refractivity contribution is 5.96. The molecule has 112 valence electrons. The predicted octanol–water partition coefficient (Wildman–Crippen LogP) is 2.14. The van der Waals surface area contributed by atoms with E-state index in [1.54, 1.807) is 0 Å². The first kappa shape index (κ1) is 13.9. The molecule has 1 amide bonds. The average Bonchev–Trinajstić information content (AvgIpc) is 3.17. The summed E-state index contributed by atoms with van der Waals surface area (Å²) in [6, 6.07) is 1.99. The molecule has 21 heavy (non-hydrogen) atoms. The monoisotopic (exact) mass is 288 g/mol. The Morgan fingerprint density at radius 1 is 1.48 bits per heavy atom. The Morgan fingerprint density at radius 3 is 2.90 bits per heavy atom. The van der Waals surface area contributed by atoms with Gasteiger partial charge in [0.05, 0.1) is 5.56 Å². The summed E-state index contributed by atoms with van der Waals surface area (Å²) in [5, 5.41) is 3.89. The van der Waals surface area contributed by atoms with Gasteiger partial charge in [0.2, 0.25) is 6.39 Å². The highest BCUT2D eigenvalue weighted by Gasteiger charge is 2.31. The predicted molar refractivity (Wildman–Crippen MR) is 77.1 cm³/mol. The first-order chi connectivity index (χ1) is 10.1. The zero-order valence-corrected chi connectivity index (χ0v) is 12.7. The van der Waals surface area contributed by atoms with Crippen molar-refractivity contribution < 1.29 is 9.32 Å². The molecule has 3 rings (SSSR count). The van der Waals surface area contributed by atoms with Gasteiger partial charge in [0.25, 0.3) is 5.91 Å². The fourth-order valence-electron chi connectivity index (χ4n) is 3.19. The van der Waals surface area contributed by atoms with Crippen LogP contribution >= 0.6 is 0 Å². The van der Waals surface area contributed by atoms with Crippen LogP contribution in [0.4, 0.5) is 0 Å². The quantitative estimate of drug-likeness (QED) is 0.868. The van der Waals surface area contributed by atoms with Crippen molar-refractivity contribution in [2.45, 2.75) is 39.7 Å². The molecule has 1 fully saturated rings. The minimum atomic E-state index is 0.105. The molecular weight excluding hydrogens is 268 g/mol. The lowest BCUT2D eigenvalue weighted by atomic mass is 10.1. The molecule has 3 heterocycles. The van der Waals surface area contributed by atoms with Gasteiger partial charge in [-0.05, 0) is 33.3 Å². The molecule has 1 atom stereocenters. The lowest BCUT2D eigenvalue weighted by Crippen LogP contribution is -2.29. The fourth-order valence-corrected chi connectivity index (χ4v) is 3.19. The van der Waals surface area contributed by atoms with Crippen LogP contribution in [0.2, 0.25) is 0 Å². The molecule has 2 aromatic heterocycles. The molecule has 0 aromatic carbocycles. The molecule has 0 radical (unpaired) electrons. The number of hydrogen-bond donors (Lipinski definition) is 0. The van der Waals surface area contributed by atoms with Crippen molar-refractivity contribution in [3.05, 3.63) is 35.2 Å². The van der Waals surface area contributed by atoms with Gasteiger partial charge in [-0.2, -0.15) is 4.98 Å². The van der Waals surface area contributed by atoms with Gasteiger partial charge in [0, 0.05) is 36.9 Å². The molecule has 6 heteroatoms. The second kappa shape index (κ2) is 5.35. The highest BCUT2D eigenvalue weighted by atomic mass is 16.5. The molecule has 0 aliphatic carbocycles. The van der Waals surface area contributed by atoms with E-state index in [1.165, 1.54) is 6.39 Å². The van der Waals surface area contributed by atoms with Gasteiger partial charge in [-0.25, -0.2) is 0 Å². The number of nitrogens with zero attached hydrogens (tertiary/aromatic N) is 4. The van der Waals surface area contributed by atoms with Crippen LogP contribution < -0.4 is 0 Å². The molecule has 0 saturated carbocycles. The maximum Gasteiger partial charge on any atom is 0.255 e. The van der Waals surface area contributed by atoms with E-state index in [4.69, 9.17) is 4.52 Å². The Morgan fingerprint density at radius 2 is 2.29 bits per heavy atom. The van der Waals surface area contributed by atoms with Crippen molar-refractivity contribution >= 4 is 5.91 Å². The SMILES string of the molecule is CCn1c(C)cc(C(=O)N2CCC(c3ncon3)C2)c1C. The van der Waals surface area contributed by atoms with Crippen molar-refractivity contribution in [1.29, 1.82) is 0 Å². The molecule has 1 unspecified atom stereocenters. The molecule has 1 saturated heterocycles. The summed E-state index contributed by atoms with van der Waals surface area (Å²) in [5.74, 6) is 0.987. The van der Waals surface area contributed by atoms with E-state index in [2.05, 4.69) is 21.6 Å². The second-order valence-corrected chi connectivity index (χ2v) is 5.56. The van der Waals surface area contributed by atoms with E-state index in [0.717, 1.165) is 36.5 Å². The maximum absolute atomic E-state index is 12.7. The van der Waals surface area contributed by atoms with Crippen LogP contribution in [-0.2, 0) is 6.54 Å². The van der Waals surface area contributed by atoms with Gasteiger partial charge in [-0.3, -0.25) is 4.79 Å². The van der Waals surface area contributed by atoms with Crippen molar-refractivity contribution in [2.24, 2.45) is 0 Å². The fraction of sp³-hybridized carbons (Fsp3) is 0.533. The van der Waals surface area contributed by atoms with Gasteiger partial charge in [-0.15, -0.1) is 0 Å². The van der Waals surface area contributed by atoms with E-state index in [0.29, 0.717) is 12.4 Å².